The van der Waals surface area contributed by atoms with Crippen molar-refractivity contribution in [3.63, 3.8) is 0 Å². The molecule has 0 aromatic heterocycles. The molecule has 1 aliphatic rings. The van der Waals surface area contributed by atoms with Crippen LogP contribution in [0.15, 0.2) is 23.2 Å². The third kappa shape index (κ3) is 2.20. The van der Waals surface area contributed by atoms with E-state index in [9.17, 15) is 0 Å². The Hall–Kier alpha value is -0.730. The Bertz CT molecular complexity index is 374. The second kappa shape index (κ2) is 4.20. The lowest BCUT2D eigenvalue weighted by Gasteiger charge is -2.07. The topological polar surface area (TPSA) is 24.4 Å². The van der Waals surface area contributed by atoms with Gasteiger partial charge in [0.05, 0.1) is 10.7 Å². The molecule has 0 saturated carbocycles. The zero-order chi connectivity index (χ0) is 9.97. The molecule has 2 nitrogen and oxygen atoms in total. The molecule has 4 heteroatoms. The second-order valence-electron chi connectivity index (χ2n) is 3.18. The van der Waals surface area contributed by atoms with Crippen molar-refractivity contribution in [2.75, 3.05) is 11.9 Å². The summed E-state index contributed by atoms with van der Waals surface area (Å²) in [6.45, 7) is 0.910. The number of rotatable bonds is 1. The van der Waals surface area contributed by atoms with Gasteiger partial charge in [0.25, 0.3) is 0 Å². The number of benzene rings is 1. The van der Waals surface area contributed by atoms with E-state index in [4.69, 9.17) is 23.2 Å². The van der Waals surface area contributed by atoms with Crippen molar-refractivity contribution in [1.82, 2.24) is 0 Å². The van der Waals surface area contributed by atoms with E-state index < -0.39 is 0 Å². The number of amidine groups is 1. The minimum atomic E-state index is 0.632. The average molecular weight is 229 g/mol. The standard InChI is InChI=1S/C10H10Cl2N2/c11-7-3-4-9(8(12)6-7)14-10-2-1-5-13-10/h3-4,6H,1-2,5H2,(H,13,14). The normalized spacial score (nSPS) is 15.4. The van der Waals surface area contributed by atoms with E-state index in [2.05, 4.69) is 10.3 Å². The van der Waals surface area contributed by atoms with E-state index in [-0.39, 0.29) is 0 Å². The van der Waals surface area contributed by atoms with Crippen LogP contribution in [-0.2, 0) is 0 Å². The Morgan fingerprint density at radius 3 is 2.79 bits per heavy atom. The van der Waals surface area contributed by atoms with E-state index >= 15 is 0 Å². The molecule has 0 radical (unpaired) electrons. The van der Waals surface area contributed by atoms with Crippen LogP contribution in [0.2, 0.25) is 10.0 Å². The highest BCUT2D eigenvalue weighted by atomic mass is 35.5. The van der Waals surface area contributed by atoms with Crippen molar-refractivity contribution in [1.29, 1.82) is 0 Å². The molecule has 0 spiro atoms. The summed E-state index contributed by atoms with van der Waals surface area (Å²) in [5.74, 6) is 1.01. The number of anilines is 1. The summed E-state index contributed by atoms with van der Waals surface area (Å²) in [5, 5.41) is 4.47. The fraction of sp³-hybridized carbons (Fsp3) is 0.300. The van der Waals surface area contributed by atoms with Gasteiger partial charge in [0.2, 0.25) is 0 Å². The van der Waals surface area contributed by atoms with Gasteiger partial charge in [0, 0.05) is 18.0 Å². The van der Waals surface area contributed by atoms with Crippen molar-refractivity contribution in [3.8, 4) is 0 Å². The van der Waals surface area contributed by atoms with Gasteiger partial charge in [0.1, 0.15) is 5.84 Å². The van der Waals surface area contributed by atoms with E-state index in [1.165, 1.54) is 0 Å². The maximum atomic E-state index is 6.01. The molecule has 1 aromatic rings. The predicted molar refractivity (Wildman–Crippen MR) is 61.6 cm³/mol. The number of nitrogens with zero attached hydrogens (tertiary/aromatic N) is 1. The lowest BCUT2D eigenvalue weighted by molar-refractivity contribution is 0.951. The van der Waals surface area contributed by atoms with Crippen LogP contribution in [0.4, 0.5) is 5.69 Å². The van der Waals surface area contributed by atoms with Gasteiger partial charge >= 0.3 is 0 Å². The lowest BCUT2D eigenvalue weighted by atomic mass is 10.3. The summed E-state index contributed by atoms with van der Waals surface area (Å²) in [4.78, 5) is 4.31. The smallest absolute Gasteiger partial charge is 0.101 e. The molecule has 2 rings (SSSR count). The first-order valence-corrected chi connectivity index (χ1v) is 5.27. The number of aliphatic imine (C=N–C) groups is 1. The summed E-state index contributed by atoms with van der Waals surface area (Å²) in [6, 6.07) is 5.40. The minimum absolute atomic E-state index is 0.632. The fourth-order valence-corrected chi connectivity index (χ4v) is 1.84. The molecule has 0 saturated heterocycles. The maximum absolute atomic E-state index is 6.01. The Balaban J connectivity index is 2.16. The Morgan fingerprint density at radius 1 is 1.29 bits per heavy atom. The minimum Gasteiger partial charge on any atom is -0.343 e. The van der Waals surface area contributed by atoms with Gasteiger partial charge in [0.15, 0.2) is 0 Å². The molecule has 14 heavy (non-hydrogen) atoms. The molecule has 1 aliphatic heterocycles. The van der Waals surface area contributed by atoms with Crippen molar-refractivity contribution >= 4 is 34.7 Å². The Morgan fingerprint density at radius 2 is 2.14 bits per heavy atom. The van der Waals surface area contributed by atoms with Crippen LogP contribution in [0, 0.1) is 0 Å². The number of halogens is 2. The Labute approximate surface area is 92.9 Å². The summed E-state index contributed by atoms with van der Waals surface area (Å²) < 4.78 is 0. The Kier molecular flexibility index (Phi) is 2.94. The monoisotopic (exact) mass is 228 g/mol. The van der Waals surface area contributed by atoms with Crippen LogP contribution < -0.4 is 5.32 Å². The van der Waals surface area contributed by atoms with Crippen LogP contribution >= 0.6 is 23.2 Å². The van der Waals surface area contributed by atoms with Crippen LogP contribution in [-0.4, -0.2) is 12.4 Å². The van der Waals surface area contributed by atoms with Crippen LogP contribution in [0.3, 0.4) is 0 Å². The van der Waals surface area contributed by atoms with Crippen LogP contribution in [0.5, 0.6) is 0 Å². The molecule has 1 aromatic carbocycles. The molecule has 0 fully saturated rings. The van der Waals surface area contributed by atoms with E-state index in [1.807, 2.05) is 12.1 Å². The third-order valence-corrected chi connectivity index (χ3v) is 2.63. The quantitative estimate of drug-likeness (QED) is 0.781. The van der Waals surface area contributed by atoms with Gasteiger partial charge in [-0.25, -0.2) is 0 Å². The van der Waals surface area contributed by atoms with Crippen LogP contribution in [0.25, 0.3) is 0 Å². The van der Waals surface area contributed by atoms with Gasteiger partial charge in [-0.2, -0.15) is 0 Å². The fourth-order valence-electron chi connectivity index (χ4n) is 1.39. The molecule has 0 aliphatic carbocycles. The van der Waals surface area contributed by atoms with Gasteiger partial charge in [-0.3, -0.25) is 4.99 Å². The number of hydrogen-bond acceptors (Lipinski definition) is 2. The SMILES string of the molecule is Clc1ccc(NC2=NCCC2)c(Cl)c1. The zero-order valence-electron chi connectivity index (χ0n) is 7.56. The first kappa shape index (κ1) is 9.81. The molecule has 0 bridgehead atoms. The average Bonchev–Trinajstić information content (AvgIpc) is 2.62. The van der Waals surface area contributed by atoms with Crippen LogP contribution in [0.1, 0.15) is 12.8 Å². The molecule has 1 N–H and O–H groups in total. The van der Waals surface area contributed by atoms with Gasteiger partial charge in [-0.1, -0.05) is 23.2 Å². The molecule has 0 unspecified atom stereocenters. The summed E-state index contributed by atoms with van der Waals surface area (Å²) in [7, 11) is 0. The predicted octanol–water partition coefficient (Wildman–Crippen LogP) is 3.60. The van der Waals surface area contributed by atoms with Crippen molar-refractivity contribution in [3.05, 3.63) is 28.2 Å². The van der Waals surface area contributed by atoms with E-state index in [0.29, 0.717) is 10.0 Å². The summed E-state index contributed by atoms with van der Waals surface area (Å²) >= 11 is 11.8. The first-order chi connectivity index (χ1) is 6.75. The molecule has 74 valence electrons. The van der Waals surface area contributed by atoms with E-state index in [1.54, 1.807) is 6.07 Å². The largest absolute Gasteiger partial charge is 0.343 e. The first-order valence-electron chi connectivity index (χ1n) is 4.51. The van der Waals surface area contributed by atoms with Gasteiger partial charge < -0.3 is 5.32 Å². The molecular weight excluding hydrogens is 219 g/mol. The van der Waals surface area contributed by atoms with E-state index in [0.717, 1.165) is 30.9 Å². The maximum Gasteiger partial charge on any atom is 0.101 e. The molecule has 0 amide bonds. The van der Waals surface area contributed by atoms with Crippen molar-refractivity contribution < 1.29 is 0 Å². The molecule has 1 heterocycles. The van der Waals surface area contributed by atoms with Gasteiger partial charge in [-0.15, -0.1) is 0 Å². The molecule has 0 atom stereocenters. The number of hydrogen-bond donors (Lipinski definition) is 1. The second-order valence-corrected chi connectivity index (χ2v) is 4.02. The zero-order valence-corrected chi connectivity index (χ0v) is 9.07. The summed E-state index contributed by atoms with van der Waals surface area (Å²) in [6.07, 6.45) is 2.12. The van der Waals surface area contributed by atoms with Crippen molar-refractivity contribution in [2.45, 2.75) is 12.8 Å². The van der Waals surface area contributed by atoms with Crippen molar-refractivity contribution in [2.24, 2.45) is 4.99 Å². The highest BCUT2D eigenvalue weighted by Gasteiger charge is 2.08. The highest BCUT2D eigenvalue weighted by Crippen LogP contribution is 2.26. The summed E-state index contributed by atoms with van der Waals surface area (Å²) in [5.41, 5.74) is 0.872. The van der Waals surface area contributed by atoms with Gasteiger partial charge in [-0.05, 0) is 24.6 Å². The lowest BCUT2D eigenvalue weighted by Crippen LogP contribution is -2.08. The highest BCUT2D eigenvalue weighted by molar-refractivity contribution is 6.36. The number of nitrogens with one attached hydrogen (secondary N) is 1. The molecular formula is C10H10Cl2N2. The third-order valence-electron chi connectivity index (χ3n) is 2.08.